The summed E-state index contributed by atoms with van der Waals surface area (Å²) in [5, 5.41) is 17.9. The van der Waals surface area contributed by atoms with E-state index in [1.807, 2.05) is 0 Å². The molecule has 0 aromatic heterocycles. The van der Waals surface area contributed by atoms with E-state index >= 15 is 0 Å². The van der Waals surface area contributed by atoms with E-state index in [9.17, 15) is 18.3 Å². The highest BCUT2D eigenvalue weighted by Gasteiger charge is 2.19. The van der Waals surface area contributed by atoms with Crippen molar-refractivity contribution >= 4 is 32.0 Å². The van der Waals surface area contributed by atoms with Crippen LogP contribution in [0.3, 0.4) is 0 Å². The lowest BCUT2D eigenvalue weighted by molar-refractivity contribution is 0.0693. The van der Waals surface area contributed by atoms with Crippen LogP contribution in [0.25, 0.3) is 0 Å². The van der Waals surface area contributed by atoms with Crippen LogP contribution in [0.1, 0.15) is 10.4 Å². The first-order valence-electron chi connectivity index (χ1n) is 3.47. The monoisotopic (exact) mass is 296 g/mol. The van der Waals surface area contributed by atoms with Crippen molar-refractivity contribution in [2.75, 3.05) is 0 Å². The van der Waals surface area contributed by atoms with E-state index in [1.54, 1.807) is 0 Å². The molecule has 0 fully saturated rings. The summed E-state index contributed by atoms with van der Waals surface area (Å²) >= 11 is 2.77. The van der Waals surface area contributed by atoms with Crippen molar-refractivity contribution in [2.45, 2.75) is 4.90 Å². The smallest absolute Gasteiger partial charge is 0.339 e. The Balaban J connectivity index is 3.57. The number of carbonyl (C=O) groups is 1. The van der Waals surface area contributed by atoms with Gasteiger partial charge >= 0.3 is 5.97 Å². The standard InChI is InChI=1S/C7H5BrO6S/c8-5-2-3(15(12,13)14)1-4(6(5)9)7(10)11/h1-2,9H,(H,10,11)(H,12,13,14). The Bertz CT molecular complexity index is 521. The summed E-state index contributed by atoms with van der Waals surface area (Å²) in [6, 6.07) is 1.56. The van der Waals surface area contributed by atoms with E-state index in [2.05, 4.69) is 15.9 Å². The van der Waals surface area contributed by atoms with Crippen LogP contribution < -0.4 is 0 Å². The molecule has 15 heavy (non-hydrogen) atoms. The number of phenols is 1. The number of aromatic hydroxyl groups is 1. The minimum absolute atomic E-state index is 0.130. The Morgan fingerprint density at radius 2 is 1.87 bits per heavy atom. The molecule has 0 aliphatic carbocycles. The normalized spacial score (nSPS) is 11.3. The second-order valence-corrected chi connectivity index (χ2v) is 4.86. The number of rotatable bonds is 2. The predicted molar refractivity (Wildman–Crippen MR) is 52.6 cm³/mol. The van der Waals surface area contributed by atoms with Crippen molar-refractivity contribution in [2.24, 2.45) is 0 Å². The van der Waals surface area contributed by atoms with Crippen LogP contribution in [0.15, 0.2) is 21.5 Å². The minimum Gasteiger partial charge on any atom is -0.506 e. The van der Waals surface area contributed by atoms with Gasteiger partial charge in [-0.15, -0.1) is 0 Å². The van der Waals surface area contributed by atoms with Crippen LogP contribution in [-0.4, -0.2) is 29.2 Å². The molecule has 0 saturated carbocycles. The van der Waals surface area contributed by atoms with Crippen LogP contribution >= 0.6 is 15.9 Å². The molecule has 0 atom stereocenters. The summed E-state index contributed by atoms with van der Waals surface area (Å²) in [5.41, 5.74) is -0.614. The third kappa shape index (κ3) is 2.46. The molecule has 3 N–H and O–H groups in total. The third-order valence-corrected chi connectivity index (χ3v) is 3.00. The van der Waals surface area contributed by atoms with Crippen molar-refractivity contribution in [1.82, 2.24) is 0 Å². The van der Waals surface area contributed by atoms with E-state index in [4.69, 9.17) is 9.66 Å². The topological polar surface area (TPSA) is 112 Å². The first-order valence-corrected chi connectivity index (χ1v) is 5.70. The number of aromatic carboxylic acids is 1. The average Bonchev–Trinajstić information content (AvgIpc) is 2.06. The summed E-state index contributed by atoms with van der Waals surface area (Å²) in [7, 11) is -4.50. The lowest BCUT2D eigenvalue weighted by atomic mass is 10.2. The highest BCUT2D eigenvalue weighted by atomic mass is 79.9. The van der Waals surface area contributed by atoms with Gasteiger partial charge < -0.3 is 10.2 Å². The molecule has 82 valence electrons. The molecule has 0 heterocycles. The largest absolute Gasteiger partial charge is 0.506 e. The number of benzene rings is 1. The molecule has 0 saturated heterocycles. The van der Waals surface area contributed by atoms with Gasteiger partial charge in [-0.1, -0.05) is 0 Å². The van der Waals surface area contributed by atoms with Gasteiger partial charge in [-0.05, 0) is 28.1 Å². The number of halogens is 1. The van der Waals surface area contributed by atoms with Gasteiger partial charge in [-0.25, -0.2) is 4.79 Å². The third-order valence-electron chi connectivity index (χ3n) is 1.57. The predicted octanol–water partition coefficient (Wildman–Crippen LogP) is 1.10. The summed E-state index contributed by atoms with van der Waals surface area (Å²) in [6.07, 6.45) is 0. The van der Waals surface area contributed by atoms with Crippen molar-refractivity contribution in [3.05, 3.63) is 22.2 Å². The molecule has 0 amide bonds. The fourth-order valence-corrected chi connectivity index (χ4v) is 2.03. The fraction of sp³-hybridized carbons (Fsp3) is 0. The second-order valence-electron chi connectivity index (χ2n) is 2.58. The van der Waals surface area contributed by atoms with Crippen LogP contribution in [0.5, 0.6) is 5.75 Å². The Morgan fingerprint density at radius 1 is 1.33 bits per heavy atom. The molecule has 6 nitrogen and oxygen atoms in total. The Hall–Kier alpha value is -1.12. The van der Waals surface area contributed by atoms with Gasteiger partial charge in [-0.3, -0.25) is 4.55 Å². The summed E-state index contributed by atoms with van der Waals surface area (Å²) < 4.78 is 30.0. The molecule has 0 radical (unpaired) electrons. The van der Waals surface area contributed by atoms with Crippen molar-refractivity contribution in [3.63, 3.8) is 0 Å². The SMILES string of the molecule is O=C(O)c1cc(S(=O)(=O)O)cc(Br)c1O. The van der Waals surface area contributed by atoms with Crippen LogP contribution in [0.4, 0.5) is 0 Å². The molecule has 0 aliphatic heterocycles. The number of carboxylic acid groups (broad SMARTS) is 1. The molecular weight excluding hydrogens is 292 g/mol. The zero-order valence-electron chi connectivity index (χ0n) is 7.01. The van der Waals surface area contributed by atoms with Crippen LogP contribution in [-0.2, 0) is 10.1 Å². The molecule has 0 bridgehead atoms. The molecule has 1 aromatic rings. The number of hydrogen-bond acceptors (Lipinski definition) is 4. The second kappa shape index (κ2) is 3.80. The van der Waals surface area contributed by atoms with Gasteiger partial charge in [0.25, 0.3) is 10.1 Å². The van der Waals surface area contributed by atoms with Gasteiger partial charge in [0, 0.05) is 0 Å². The van der Waals surface area contributed by atoms with Crippen LogP contribution in [0, 0.1) is 0 Å². The van der Waals surface area contributed by atoms with E-state index < -0.39 is 32.3 Å². The number of hydrogen-bond donors (Lipinski definition) is 3. The van der Waals surface area contributed by atoms with Crippen molar-refractivity contribution in [3.8, 4) is 5.75 Å². The summed E-state index contributed by atoms with van der Waals surface area (Å²) in [4.78, 5) is 9.99. The van der Waals surface area contributed by atoms with Crippen molar-refractivity contribution < 1.29 is 28.0 Å². The highest BCUT2D eigenvalue weighted by Crippen LogP contribution is 2.31. The Labute approximate surface area is 93.0 Å². The van der Waals surface area contributed by atoms with Gasteiger partial charge in [0.2, 0.25) is 0 Å². The van der Waals surface area contributed by atoms with Gasteiger partial charge in [0.15, 0.2) is 0 Å². The first kappa shape index (κ1) is 12.0. The average molecular weight is 297 g/mol. The first-order chi connectivity index (χ1) is 6.73. The van der Waals surface area contributed by atoms with E-state index in [0.29, 0.717) is 6.07 Å². The fourth-order valence-electron chi connectivity index (χ4n) is 0.886. The zero-order valence-corrected chi connectivity index (χ0v) is 9.41. The molecule has 0 aliphatic rings. The quantitative estimate of drug-likeness (QED) is 0.705. The molecule has 0 unspecified atom stereocenters. The highest BCUT2D eigenvalue weighted by molar-refractivity contribution is 9.10. The minimum atomic E-state index is -4.50. The summed E-state index contributed by atoms with van der Waals surface area (Å²) in [5.74, 6) is -2.10. The maximum Gasteiger partial charge on any atom is 0.339 e. The maximum atomic E-state index is 10.7. The van der Waals surface area contributed by atoms with E-state index in [0.717, 1.165) is 6.07 Å². The van der Waals surface area contributed by atoms with Gasteiger partial charge in [0.05, 0.1) is 9.37 Å². The lowest BCUT2D eigenvalue weighted by Gasteiger charge is -2.04. The molecule has 1 aromatic carbocycles. The van der Waals surface area contributed by atoms with E-state index in [-0.39, 0.29) is 4.47 Å². The lowest BCUT2D eigenvalue weighted by Crippen LogP contribution is -2.03. The summed E-state index contributed by atoms with van der Waals surface area (Å²) in [6.45, 7) is 0. The molecular formula is C7H5BrO6S. The van der Waals surface area contributed by atoms with Gasteiger partial charge in [-0.2, -0.15) is 8.42 Å². The maximum absolute atomic E-state index is 10.7. The Morgan fingerprint density at radius 3 is 2.27 bits per heavy atom. The molecule has 8 heteroatoms. The Kier molecular flexibility index (Phi) is 3.03. The zero-order chi connectivity index (χ0) is 11.8. The van der Waals surface area contributed by atoms with Crippen molar-refractivity contribution in [1.29, 1.82) is 0 Å². The molecule has 1 rings (SSSR count). The number of carboxylic acids is 1. The van der Waals surface area contributed by atoms with Gasteiger partial charge in [0.1, 0.15) is 11.3 Å². The van der Waals surface area contributed by atoms with Crippen LogP contribution in [0.2, 0.25) is 0 Å². The molecule has 0 spiro atoms. The van der Waals surface area contributed by atoms with E-state index in [1.165, 1.54) is 0 Å².